The molecule has 1 saturated heterocycles. The molecule has 2 aromatic rings. The van der Waals surface area contributed by atoms with Gasteiger partial charge < -0.3 is 21.3 Å². The number of fused-ring (bicyclic) bond motifs is 1. The maximum Gasteiger partial charge on any atom is 0.267 e. The number of hydrogen-bond donors (Lipinski definition) is 4. The second-order valence-corrected chi connectivity index (χ2v) is 7.98. The Labute approximate surface area is 183 Å². The first-order valence-electron chi connectivity index (χ1n) is 9.81. The van der Waals surface area contributed by atoms with Crippen molar-refractivity contribution in [3.8, 4) is 0 Å². The number of piperidine rings is 1. The number of nitrogens with two attached hydrogens (primary N) is 1. The highest BCUT2D eigenvalue weighted by molar-refractivity contribution is 6.44. The minimum atomic E-state index is -0.854. The maximum atomic E-state index is 13.0. The topological polar surface area (TPSA) is 141 Å². The Hall–Kier alpha value is -3.46. The highest BCUT2D eigenvalue weighted by atomic mass is 35.5. The highest BCUT2D eigenvalue weighted by Gasteiger charge is 2.55. The number of nitrogens with zero attached hydrogens (tertiary/aromatic N) is 2. The summed E-state index contributed by atoms with van der Waals surface area (Å²) in [4.78, 5) is 42.9. The largest absolute Gasteiger partial charge is 0.376 e. The van der Waals surface area contributed by atoms with Gasteiger partial charge in [0, 0.05) is 17.3 Å². The van der Waals surface area contributed by atoms with Gasteiger partial charge in [-0.1, -0.05) is 35.9 Å². The molecule has 1 aromatic heterocycles. The summed E-state index contributed by atoms with van der Waals surface area (Å²) < 4.78 is 0. The predicted octanol–water partition coefficient (Wildman–Crippen LogP) is 1.63. The molecule has 9 nitrogen and oxygen atoms in total. The number of benzene rings is 1. The van der Waals surface area contributed by atoms with E-state index >= 15 is 0 Å². The lowest BCUT2D eigenvalue weighted by Crippen LogP contribution is -2.47. The van der Waals surface area contributed by atoms with E-state index in [0.29, 0.717) is 29.4 Å². The fourth-order valence-corrected chi connectivity index (χ4v) is 4.15. The first-order valence-corrected chi connectivity index (χ1v) is 10.2. The molecule has 10 heteroatoms. The predicted molar refractivity (Wildman–Crippen MR) is 116 cm³/mol. The van der Waals surface area contributed by atoms with E-state index in [4.69, 9.17) is 22.7 Å². The maximum absolute atomic E-state index is 13.0. The highest BCUT2D eigenvalue weighted by Crippen LogP contribution is 2.48. The van der Waals surface area contributed by atoms with Crippen LogP contribution < -0.4 is 16.4 Å². The number of likely N-dealkylation sites (tertiary alicyclic amines) is 1. The molecular formula is C21H21ClN6O3. The zero-order valence-corrected chi connectivity index (χ0v) is 17.2. The SMILES string of the molecule is N=C(C(N)=O)c1ccccc1NCC(=O)N1[C@@H]2CC2C[C@H]1C(=O)Nc1cccc(Cl)n1. The molecule has 0 spiro atoms. The molecule has 3 amide bonds. The number of nitrogens with one attached hydrogen (secondary N) is 3. The van der Waals surface area contributed by atoms with E-state index in [9.17, 15) is 14.4 Å². The summed E-state index contributed by atoms with van der Waals surface area (Å²) in [5, 5.41) is 13.8. The number of aromatic nitrogens is 1. The van der Waals surface area contributed by atoms with E-state index in [1.165, 1.54) is 0 Å². The van der Waals surface area contributed by atoms with Crippen molar-refractivity contribution in [3.63, 3.8) is 0 Å². The van der Waals surface area contributed by atoms with Crippen molar-refractivity contribution >= 4 is 46.5 Å². The number of rotatable bonds is 7. The van der Waals surface area contributed by atoms with Gasteiger partial charge >= 0.3 is 0 Å². The molecule has 0 radical (unpaired) electrons. The van der Waals surface area contributed by atoms with Crippen LogP contribution in [0.1, 0.15) is 18.4 Å². The number of anilines is 2. The number of carbonyl (C=O) groups excluding carboxylic acids is 3. The molecule has 160 valence electrons. The first kappa shape index (κ1) is 20.8. The summed E-state index contributed by atoms with van der Waals surface area (Å²) in [7, 11) is 0. The van der Waals surface area contributed by atoms with Gasteiger partial charge in [0.05, 0.1) is 6.54 Å². The monoisotopic (exact) mass is 440 g/mol. The molecule has 1 aromatic carbocycles. The Kier molecular flexibility index (Phi) is 5.60. The van der Waals surface area contributed by atoms with Crippen molar-refractivity contribution in [1.82, 2.24) is 9.88 Å². The van der Waals surface area contributed by atoms with Crippen LogP contribution in [-0.4, -0.2) is 51.9 Å². The van der Waals surface area contributed by atoms with Crippen LogP contribution in [-0.2, 0) is 14.4 Å². The Balaban J connectivity index is 1.44. The van der Waals surface area contributed by atoms with Gasteiger partial charge in [-0.25, -0.2) is 4.98 Å². The zero-order valence-electron chi connectivity index (χ0n) is 16.5. The van der Waals surface area contributed by atoms with Crippen molar-refractivity contribution in [3.05, 3.63) is 53.2 Å². The van der Waals surface area contributed by atoms with E-state index in [1.807, 2.05) is 0 Å². The minimum Gasteiger partial charge on any atom is -0.376 e. The minimum absolute atomic E-state index is 0.0523. The standard InChI is InChI=1S/C21H21ClN6O3/c22-16-6-3-7-17(26-16)27-21(31)15-9-11-8-14(11)28(15)18(29)10-25-13-5-2-1-4-12(13)19(23)20(24)30/h1-7,11,14-15,23,25H,8-10H2,(H2,24,30)(H,26,27,31)/t11?,14-,15+/m1/s1. The van der Waals surface area contributed by atoms with E-state index in [0.717, 1.165) is 6.42 Å². The van der Waals surface area contributed by atoms with Gasteiger partial charge in [-0.3, -0.25) is 19.8 Å². The number of amides is 3. The number of primary amides is 1. The molecule has 1 unspecified atom stereocenters. The Morgan fingerprint density at radius 2 is 1.94 bits per heavy atom. The number of para-hydroxylation sites is 1. The van der Waals surface area contributed by atoms with Crippen molar-refractivity contribution in [2.24, 2.45) is 11.7 Å². The van der Waals surface area contributed by atoms with E-state index < -0.39 is 11.9 Å². The van der Waals surface area contributed by atoms with Gasteiger partial charge in [-0.15, -0.1) is 0 Å². The van der Waals surface area contributed by atoms with Gasteiger partial charge in [-0.05, 0) is 37.0 Å². The Morgan fingerprint density at radius 3 is 2.68 bits per heavy atom. The summed E-state index contributed by atoms with van der Waals surface area (Å²) in [6.07, 6.45) is 1.49. The molecule has 2 heterocycles. The van der Waals surface area contributed by atoms with Crippen molar-refractivity contribution in [2.45, 2.75) is 24.9 Å². The summed E-state index contributed by atoms with van der Waals surface area (Å²) in [6, 6.07) is 11.1. The molecule has 0 bridgehead atoms. The quantitative estimate of drug-likeness (QED) is 0.382. The third-order valence-corrected chi connectivity index (χ3v) is 5.74. The van der Waals surface area contributed by atoms with Crippen LogP contribution >= 0.6 is 11.6 Å². The van der Waals surface area contributed by atoms with Gasteiger partial charge in [-0.2, -0.15) is 0 Å². The normalized spacial score (nSPS) is 21.2. The van der Waals surface area contributed by atoms with Gasteiger partial charge in [0.1, 0.15) is 22.7 Å². The number of halogens is 1. The molecule has 4 rings (SSSR count). The smallest absolute Gasteiger partial charge is 0.267 e. The molecule has 31 heavy (non-hydrogen) atoms. The molecule has 1 aliphatic carbocycles. The lowest BCUT2D eigenvalue weighted by Gasteiger charge is -2.27. The van der Waals surface area contributed by atoms with Crippen LogP contribution in [0.4, 0.5) is 11.5 Å². The summed E-state index contributed by atoms with van der Waals surface area (Å²) >= 11 is 5.87. The lowest BCUT2D eigenvalue weighted by atomic mass is 10.1. The molecule has 5 N–H and O–H groups in total. The van der Waals surface area contributed by atoms with Crippen LogP contribution in [0.15, 0.2) is 42.5 Å². The second kappa shape index (κ2) is 8.35. The second-order valence-electron chi connectivity index (χ2n) is 7.59. The van der Waals surface area contributed by atoms with Crippen LogP contribution in [0.2, 0.25) is 5.15 Å². The van der Waals surface area contributed by atoms with Crippen molar-refractivity contribution in [2.75, 3.05) is 17.2 Å². The summed E-state index contributed by atoms with van der Waals surface area (Å²) in [5.41, 5.74) is 5.64. The summed E-state index contributed by atoms with van der Waals surface area (Å²) in [6.45, 7) is -0.0779. The van der Waals surface area contributed by atoms with E-state index in [2.05, 4.69) is 15.6 Å². The van der Waals surface area contributed by atoms with Crippen LogP contribution in [0.3, 0.4) is 0 Å². The zero-order chi connectivity index (χ0) is 22.1. The third-order valence-electron chi connectivity index (χ3n) is 5.53. The molecular weight excluding hydrogens is 420 g/mol. The molecule has 1 aliphatic heterocycles. The van der Waals surface area contributed by atoms with Crippen LogP contribution in [0, 0.1) is 11.3 Å². The van der Waals surface area contributed by atoms with Crippen LogP contribution in [0.25, 0.3) is 0 Å². The van der Waals surface area contributed by atoms with Gasteiger partial charge in [0.25, 0.3) is 5.91 Å². The average Bonchev–Trinajstić information content (AvgIpc) is 3.41. The van der Waals surface area contributed by atoms with Crippen molar-refractivity contribution < 1.29 is 14.4 Å². The number of carbonyl (C=O) groups is 3. The number of pyridine rings is 1. The van der Waals surface area contributed by atoms with Gasteiger partial charge in [0.15, 0.2) is 0 Å². The third kappa shape index (κ3) is 4.36. The van der Waals surface area contributed by atoms with Crippen molar-refractivity contribution in [1.29, 1.82) is 5.41 Å². The number of hydrogen-bond acceptors (Lipinski definition) is 6. The molecule has 3 atom stereocenters. The van der Waals surface area contributed by atoms with E-state index in [-0.39, 0.29) is 35.3 Å². The average molecular weight is 441 g/mol. The lowest BCUT2D eigenvalue weighted by molar-refractivity contribution is -0.136. The molecule has 1 saturated carbocycles. The Morgan fingerprint density at radius 1 is 1.16 bits per heavy atom. The first-order chi connectivity index (χ1) is 14.8. The van der Waals surface area contributed by atoms with Gasteiger partial charge in [0.2, 0.25) is 11.8 Å². The fourth-order valence-electron chi connectivity index (χ4n) is 3.99. The molecule has 2 aliphatic rings. The van der Waals surface area contributed by atoms with E-state index in [1.54, 1.807) is 47.4 Å². The Bertz CT molecular complexity index is 1070. The molecule has 2 fully saturated rings. The van der Waals surface area contributed by atoms with Crippen LogP contribution in [0.5, 0.6) is 0 Å². The fraction of sp³-hybridized carbons (Fsp3) is 0.286. The summed E-state index contributed by atoms with van der Waals surface area (Å²) in [5.74, 6) is -0.729.